The summed E-state index contributed by atoms with van der Waals surface area (Å²) in [5, 5.41) is 0. The smallest absolute Gasteiger partial charge is 0.0742 e. The van der Waals surface area contributed by atoms with Crippen LogP contribution >= 0.6 is 0 Å². The SMILES string of the molecule is C=C/C(=C/N(C)C)C1=NC(C)(C)Cc2ccccc21. The number of hydrogen-bond acceptors (Lipinski definition) is 2. The van der Waals surface area contributed by atoms with Gasteiger partial charge in [-0.3, -0.25) is 4.99 Å². The summed E-state index contributed by atoms with van der Waals surface area (Å²) in [6.07, 6.45) is 4.94. The summed E-state index contributed by atoms with van der Waals surface area (Å²) in [6, 6.07) is 8.52. The van der Waals surface area contributed by atoms with Crippen molar-refractivity contribution in [2.75, 3.05) is 14.1 Å². The Morgan fingerprint density at radius 1 is 1.32 bits per heavy atom. The molecule has 0 aliphatic carbocycles. The molecule has 2 nitrogen and oxygen atoms in total. The Morgan fingerprint density at radius 3 is 2.63 bits per heavy atom. The predicted molar refractivity (Wildman–Crippen MR) is 82.7 cm³/mol. The highest BCUT2D eigenvalue weighted by atomic mass is 15.0. The van der Waals surface area contributed by atoms with E-state index < -0.39 is 0 Å². The third-order valence-corrected chi connectivity index (χ3v) is 3.20. The van der Waals surface area contributed by atoms with Crippen molar-refractivity contribution in [3.63, 3.8) is 0 Å². The minimum absolute atomic E-state index is 0.0574. The highest BCUT2D eigenvalue weighted by Gasteiger charge is 2.27. The zero-order valence-corrected chi connectivity index (χ0v) is 12.3. The van der Waals surface area contributed by atoms with Crippen LogP contribution in [0.4, 0.5) is 0 Å². The van der Waals surface area contributed by atoms with Crippen LogP contribution in [0.3, 0.4) is 0 Å². The van der Waals surface area contributed by atoms with Crippen LogP contribution < -0.4 is 0 Å². The lowest BCUT2D eigenvalue weighted by Gasteiger charge is -2.29. The number of benzene rings is 1. The maximum atomic E-state index is 4.93. The van der Waals surface area contributed by atoms with Crippen molar-refractivity contribution in [1.29, 1.82) is 0 Å². The standard InChI is InChI=1S/C17H22N2/c1-6-13(12-19(4)5)16-15-10-8-7-9-14(15)11-17(2,3)18-16/h6-10,12H,1,11H2,2-5H3/b13-12-. The lowest BCUT2D eigenvalue weighted by Crippen LogP contribution is -2.29. The van der Waals surface area contributed by atoms with Crippen LogP contribution in [0, 0.1) is 0 Å². The van der Waals surface area contributed by atoms with Crippen LogP contribution in [0.25, 0.3) is 0 Å². The van der Waals surface area contributed by atoms with Crippen molar-refractivity contribution < 1.29 is 0 Å². The molecule has 0 unspecified atom stereocenters. The minimum atomic E-state index is -0.0574. The molecule has 1 aliphatic heterocycles. The maximum Gasteiger partial charge on any atom is 0.0742 e. The van der Waals surface area contributed by atoms with Gasteiger partial charge in [-0.05, 0) is 25.8 Å². The monoisotopic (exact) mass is 254 g/mol. The fourth-order valence-corrected chi connectivity index (χ4v) is 2.48. The first kappa shape index (κ1) is 13.6. The van der Waals surface area contributed by atoms with E-state index in [9.17, 15) is 0 Å². The third kappa shape index (κ3) is 2.95. The zero-order valence-electron chi connectivity index (χ0n) is 12.3. The van der Waals surface area contributed by atoms with Gasteiger partial charge in [-0.1, -0.05) is 36.9 Å². The van der Waals surface area contributed by atoms with E-state index in [0.717, 1.165) is 17.7 Å². The van der Waals surface area contributed by atoms with E-state index in [-0.39, 0.29) is 5.54 Å². The van der Waals surface area contributed by atoms with E-state index in [1.165, 1.54) is 11.1 Å². The quantitative estimate of drug-likeness (QED) is 0.754. The van der Waals surface area contributed by atoms with E-state index in [1.807, 2.05) is 25.1 Å². The molecule has 2 heteroatoms. The van der Waals surface area contributed by atoms with Gasteiger partial charge in [-0.2, -0.15) is 0 Å². The summed E-state index contributed by atoms with van der Waals surface area (Å²) in [6.45, 7) is 8.29. The number of nitrogens with zero attached hydrogens (tertiary/aromatic N) is 2. The van der Waals surface area contributed by atoms with Crippen molar-refractivity contribution in [3.05, 3.63) is 59.8 Å². The molecule has 0 amide bonds. The van der Waals surface area contributed by atoms with Crippen LogP contribution in [0.5, 0.6) is 0 Å². The molecule has 0 fully saturated rings. The van der Waals surface area contributed by atoms with Crippen molar-refractivity contribution in [2.45, 2.75) is 25.8 Å². The molecule has 0 saturated carbocycles. The number of hydrogen-bond donors (Lipinski definition) is 0. The molecule has 0 radical (unpaired) electrons. The molecular formula is C17H22N2. The first-order chi connectivity index (χ1) is 8.93. The van der Waals surface area contributed by atoms with Crippen LogP contribution in [-0.2, 0) is 6.42 Å². The summed E-state index contributed by atoms with van der Waals surface area (Å²) in [7, 11) is 4.04. The number of allylic oxidation sites excluding steroid dienone is 2. The zero-order chi connectivity index (χ0) is 14.0. The minimum Gasteiger partial charge on any atom is -0.383 e. The highest BCUT2D eigenvalue weighted by molar-refractivity contribution is 6.15. The molecule has 0 N–H and O–H groups in total. The molecule has 19 heavy (non-hydrogen) atoms. The molecule has 0 atom stereocenters. The topological polar surface area (TPSA) is 15.6 Å². The fraction of sp³-hybridized carbons (Fsp3) is 0.353. The molecule has 1 aromatic carbocycles. The molecule has 0 bridgehead atoms. The molecule has 1 aliphatic rings. The van der Waals surface area contributed by atoms with Gasteiger partial charge in [0.15, 0.2) is 0 Å². The molecule has 2 rings (SSSR count). The average Bonchev–Trinajstić information content (AvgIpc) is 2.33. The average molecular weight is 254 g/mol. The maximum absolute atomic E-state index is 4.93. The number of aliphatic imine (C=N–C) groups is 1. The van der Waals surface area contributed by atoms with Crippen molar-refractivity contribution >= 4 is 5.71 Å². The van der Waals surface area contributed by atoms with Crippen LogP contribution in [0.2, 0.25) is 0 Å². The summed E-state index contributed by atoms with van der Waals surface area (Å²) >= 11 is 0. The number of fused-ring (bicyclic) bond motifs is 1. The van der Waals surface area contributed by atoms with Gasteiger partial charge >= 0.3 is 0 Å². The van der Waals surface area contributed by atoms with Gasteiger partial charge in [0, 0.05) is 31.4 Å². The van der Waals surface area contributed by atoms with Crippen LogP contribution in [-0.4, -0.2) is 30.2 Å². The van der Waals surface area contributed by atoms with Gasteiger partial charge in [-0.15, -0.1) is 0 Å². The largest absolute Gasteiger partial charge is 0.383 e. The first-order valence-electron chi connectivity index (χ1n) is 6.62. The lowest BCUT2D eigenvalue weighted by atomic mass is 9.85. The number of rotatable bonds is 3. The van der Waals surface area contributed by atoms with E-state index in [1.54, 1.807) is 0 Å². The second-order valence-corrected chi connectivity index (χ2v) is 5.86. The summed E-state index contributed by atoms with van der Waals surface area (Å²) in [5.41, 5.74) is 4.66. The summed E-state index contributed by atoms with van der Waals surface area (Å²) in [5.74, 6) is 0. The molecule has 0 saturated heterocycles. The molecule has 100 valence electrons. The third-order valence-electron chi connectivity index (χ3n) is 3.20. The Kier molecular flexibility index (Phi) is 3.61. The summed E-state index contributed by atoms with van der Waals surface area (Å²) in [4.78, 5) is 6.96. The highest BCUT2D eigenvalue weighted by Crippen LogP contribution is 2.29. The van der Waals surface area contributed by atoms with Gasteiger partial charge in [0.05, 0.1) is 11.3 Å². The van der Waals surface area contributed by atoms with E-state index in [0.29, 0.717) is 0 Å². The molecule has 0 aromatic heterocycles. The first-order valence-corrected chi connectivity index (χ1v) is 6.62. The van der Waals surface area contributed by atoms with Crippen molar-refractivity contribution in [3.8, 4) is 0 Å². The second kappa shape index (κ2) is 5.04. The van der Waals surface area contributed by atoms with Gasteiger partial charge in [0.2, 0.25) is 0 Å². The fourth-order valence-electron chi connectivity index (χ4n) is 2.48. The Hall–Kier alpha value is -1.83. The Balaban J connectivity index is 2.58. The molecular weight excluding hydrogens is 232 g/mol. The normalized spacial score (nSPS) is 17.5. The van der Waals surface area contributed by atoms with Gasteiger partial charge < -0.3 is 4.90 Å². The summed E-state index contributed by atoms with van der Waals surface area (Å²) < 4.78 is 0. The predicted octanol–water partition coefficient (Wildman–Crippen LogP) is 3.44. The lowest BCUT2D eigenvalue weighted by molar-refractivity contribution is 0.512. The van der Waals surface area contributed by atoms with E-state index in [2.05, 4.69) is 50.9 Å². The van der Waals surface area contributed by atoms with Gasteiger partial charge in [0.1, 0.15) is 0 Å². The molecule has 0 spiro atoms. The second-order valence-electron chi connectivity index (χ2n) is 5.86. The molecule has 1 heterocycles. The van der Waals surface area contributed by atoms with E-state index in [4.69, 9.17) is 4.99 Å². The van der Waals surface area contributed by atoms with Crippen LogP contribution in [0.1, 0.15) is 25.0 Å². The van der Waals surface area contributed by atoms with Crippen molar-refractivity contribution in [2.24, 2.45) is 4.99 Å². The van der Waals surface area contributed by atoms with Gasteiger partial charge in [0.25, 0.3) is 0 Å². The van der Waals surface area contributed by atoms with Crippen LogP contribution in [0.15, 0.2) is 53.7 Å². The Labute approximate surface area is 116 Å². The van der Waals surface area contributed by atoms with Crippen molar-refractivity contribution in [1.82, 2.24) is 4.90 Å². The Morgan fingerprint density at radius 2 is 2.00 bits per heavy atom. The Bertz CT molecular complexity index is 548. The molecule has 1 aromatic rings. The van der Waals surface area contributed by atoms with E-state index >= 15 is 0 Å². The van der Waals surface area contributed by atoms with Gasteiger partial charge in [-0.25, -0.2) is 0 Å².